The van der Waals surface area contributed by atoms with Crippen molar-refractivity contribution in [1.82, 2.24) is 0 Å². The number of rotatable bonds is 6. The molecule has 0 aromatic heterocycles. The zero-order chi connectivity index (χ0) is 28.5. The Labute approximate surface area is 234 Å². The quantitative estimate of drug-likeness (QED) is 0.395. The van der Waals surface area contributed by atoms with Crippen LogP contribution >= 0.6 is 0 Å². The second kappa shape index (κ2) is 9.42. The van der Waals surface area contributed by atoms with Crippen molar-refractivity contribution >= 4 is 29.3 Å². The Morgan fingerprint density at radius 3 is 2.33 bits per heavy atom. The monoisotopic (exact) mass is 524 g/mol. The van der Waals surface area contributed by atoms with Crippen LogP contribution in [0.1, 0.15) is 102 Å². The third-order valence-electron chi connectivity index (χ3n) is 10.3. The highest BCUT2D eigenvalue weighted by Gasteiger charge is 2.59. The van der Waals surface area contributed by atoms with Crippen molar-refractivity contribution < 1.29 is 14.4 Å². The summed E-state index contributed by atoms with van der Waals surface area (Å²) < 4.78 is 8.18. The number of nitrogens with zero attached hydrogens (tertiary/aromatic N) is 1. The normalized spacial score (nSPS) is 22.7. The van der Waals surface area contributed by atoms with Crippen LogP contribution in [0.2, 0.25) is 0 Å². The molecule has 0 fully saturated rings. The molecule has 5 rings (SSSR count). The van der Waals surface area contributed by atoms with Crippen LogP contribution in [-0.4, -0.2) is 41.3 Å². The van der Waals surface area contributed by atoms with Crippen LogP contribution in [0.3, 0.4) is 0 Å². The Balaban J connectivity index is 2.01. The molecule has 0 radical (unpaired) electrons. The van der Waals surface area contributed by atoms with Crippen molar-refractivity contribution in [3.05, 3.63) is 80.7 Å². The predicted octanol–water partition coefficient (Wildman–Crippen LogP) is 6.11. The van der Waals surface area contributed by atoms with Gasteiger partial charge in [-0.2, -0.15) is 4.58 Å². The van der Waals surface area contributed by atoms with E-state index in [0.717, 1.165) is 18.1 Å². The fourth-order valence-corrected chi connectivity index (χ4v) is 7.48. The number of aliphatic hydroxyl groups is 1. The molecule has 3 heteroatoms. The van der Waals surface area contributed by atoms with E-state index < -0.39 is 0 Å². The first-order valence-electron chi connectivity index (χ1n) is 14.5. The van der Waals surface area contributed by atoms with Gasteiger partial charge in [-0.05, 0) is 70.5 Å². The number of ether oxygens (including phenoxy) is 1. The molecule has 1 aliphatic heterocycles. The molecule has 39 heavy (non-hydrogen) atoms. The Kier molecular flexibility index (Phi) is 6.72. The van der Waals surface area contributed by atoms with Gasteiger partial charge in [0.1, 0.15) is 6.21 Å². The van der Waals surface area contributed by atoms with Gasteiger partial charge in [-0.15, -0.1) is 0 Å². The molecule has 1 aliphatic carbocycles. The molecule has 1 heterocycles. The van der Waals surface area contributed by atoms with Crippen LogP contribution in [0.4, 0.5) is 0 Å². The number of methoxy groups -OCH3 is 1. The van der Waals surface area contributed by atoms with Gasteiger partial charge in [-0.1, -0.05) is 70.7 Å². The maximum atomic E-state index is 9.95. The highest BCUT2D eigenvalue weighted by molar-refractivity contribution is 5.95. The topological polar surface area (TPSA) is 32.5 Å². The molecule has 206 valence electrons. The maximum absolute atomic E-state index is 9.95. The number of fused-ring (bicyclic) bond motifs is 3. The zero-order valence-electron chi connectivity index (χ0n) is 25.4. The second-order valence-electron chi connectivity index (χ2n) is 13.2. The van der Waals surface area contributed by atoms with E-state index in [0.29, 0.717) is 5.92 Å². The minimum absolute atomic E-state index is 0.0306. The zero-order valence-corrected chi connectivity index (χ0v) is 25.4. The lowest BCUT2D eigenvalue weighted by molar-refractivity contribution is -0.540. The second-order valence-corrected chi connectivity index (χ2v) is 13.2. The SMILES string of the molecule is C=c1cc(C(C)C)cc2c1=C1c3c(cc4ccccc4c3C2(C)C)C(C)(C)C(C)(CCC(CO)OC)/[N+]1=C/C. The number of benzene rings is 3. The molecular formula is C36H46NO2+. The molecule has 0 spiro atoms. The van der Waals surface area contributed by atoms with Crippen molar-refractivity contribution in [1.29, 1.82) is 0 Å². The van der Waals surface area contributed by atoms with E-state index in [1.54, 1.807) is 7.11 Å². The largest absolute Gasteiger partial charge is 0.394 e. The molecular weight excluding hydrogens is 478 g/mol. The highest BCUT2D eigenvalue weighted by atomic mass is 16.5. The van der Waals surface area contributed by atoms with Gasteiger partial charge in [0, 0.05) is 32.8 Å². The third kappa shape index (κ3) is 3.80. The van der Waals surface area contributed by atoms with Crippen molar-refractivity contribution in [2.75, 3.05) is 13.7 Å². The number of hydrogen-bond donors (Lipinski definition) is 1. The van der Waals surface area contributed by atoms with E-state index in [1.165, 1.54) is 49.5 Å². The molecule has 1 N–H and O–H groups in total. The summed E-state index contributed by atoms with van der Waals surface area (Å²) in [6.45, 7) is 23.4. The van der Waals surface area contributed by atoms with E-state index >= 15 is 0 Å². The first-order valence-corrected chi connectivity index (χ1v) is 14.5. The molecule has 2 atom stereocenters. The molecule has 2 aliphatic rings. The lowest BCUT2D eigenvalue weighted by Crippen LogP contribution is -2.60. The van der Waals surface area contributed by atoms with Crippen LogP contribution in [-0.2, 0) is 15.6 Å². The third-order valence-corrected chi connectivity index (χ3v) is 10.3. The first-order chi connectivity index (χ1) is 18.3. The molecule has 0 saturated heterocycles. The first kappa shape index (κ1) is 27.8. The van der Waals surface area contributed by atoms with Gasteiger partial charge < -0.3 is 9.84 Å². The van der Waals surface area contributed by atoms with Crippen LogP contribution < -0.4 is 10.4 Å². The summed E-state index contributed by atoms with van der Waals surface area (Å²) >= 11 is 0. The van der Waals surface area contributed by atoms with E-state index in [4.69, 9.17) is 4.74 Å². The van der Waals surface area contributed by atoms with Gasteiger partial charge in [-0.25, -0.2) is 0 Å². The average molecular weight is 525 g/mol. The van der Waals surface area contributed by atoms with Crippen LogP contribution in [0, 0.1) is 0 Å². The van der Waals surface area contributed by atoms with Crippen molar-refractivity contribution in [3.8, 4) is 0 Å². The van der Waals surface area contributed by atoms with Gasteiger partial charge in [0.15, 0.2) is 5.54 Å². The Hall–Kier alpha value is -2.75. The summed E-state index contributed by atoms with van der Waals surface area (Å²) in [5.41, 5.74) is 7.55. The van der Waals surface area contributed by atoms with E-state index in [2.05, 4.69) is 115 Å². The van der Waals surface area contributed by atoms with Gasteiger partial charge in [0.05, 0.1) is 28.9 Å². The minimum atomic E-state index is -0.252. The van der Waals surface area contributed by atoms with Crippen LogP contribution in [0.25, 0.3) is 23.0 Å². The van der Waals surface area contributed by atoms with E-state index in [1.807, 2.05) is 0 Å². The lowest BCUT2D eigenvalue weighted by atomic mass is 9.57. The summed E-state index contributed by atoms with van der Waals surface area (Å²) in [7, 11) is 1.70. The van der Waals surface area contributed by atoms with Crippen LogP contribution in [0.15, 0.2) is 42.5 Å². The minimum Gasteiger partial charge on any atom is -0.394 e. The maximum Gasteiger partial charge on any atom is 0.221 e. The van der Waals surface area contributed by atoms with Gasteiger partial charge in [0.25, 0.3) is 0 Å². The Bertz CT molecular complexity index is 1600. The van der Waals surface area contributed by atoms with Crippen molar-refractivity contribution in [2.24, 2.45) is 0 Å². The van der Waals surface area contributed by atoms with Crippen molar-refractivity contribution in [3.63, 3.8) is 0 Å². The summed E-state index contributed by atoms with van der Waals surface area (Å²) in [4.78, 5) is 0. The van der Waals surface area contributed by atoms with Crippen LogP contribution in [0.5, 0.6) is 0 Å². The number of aliphatic hydroxyl groups excluding tert-OH is 1. The standard InChI is InChI=1S/C36H46NO2/c1-11-37-33-30-23(4)18-25(22(2)3)20-28(30)34(5,6)32-27-15-13-12-14-24(27)19-29(31(32)33)35(7,8)36(37,9)17-16-26(21-38)39-10/h11-15,18-20,22,26,38H,4,16-17,21H2,1-3,5-10H3/q+1/b37-11+. The number of hydrogen-bond acceptors (Lipinski definition) is 2. The summed E-state index contributed by atoms with van der Waals surface area (Å²) in [5, 5.41) is 15.0. The lowest BCUT2D eigenvalue weighted by Gasteiger charge is -2.49. The highest BCUT2D eigenvalue weighted by Crippen LogP contribution is 2.55. The molecule has 0 bridgehead atoms. The Morgan fingerprint density at radius 1 is 1.03 bits per heavy atom. The van der Waals surface area contributed by atoms with Gasteiger partial charge >= 0.3 is 0 Å². The predicted molar refractivity (Wildman–Crippen MR) is 164 cm³/mol. The van der Waals surface area contributed by atoms with E-state index in [-0.39, 0.29) is 29.1 Å². The average Bonchev–Trinajstić information content (AvgIpc) is 2.89. The van der Waals surface area contributed by atoms with Gasteiger partial charge in [-0.3, -0.25) is 0 Å². The van der Waals surface area contributed by atoms with Crippen molar-refractivity contribution in [2.45, 2.75) is 96.6 Å². The smallest absolute Gasteiger partial charge is 0.221 e. The van der Waals surface area contributed by atoms with E-state index in [9.17, 15) is 5.11 Å². The summed E-state index contributed by atoms with van der Waals surface area (Å²) in [6.07, 6.45) is 3.76. The molecule has 3 nitrogen and oxygen atoms in total. The summed E-state index contributed by atoms with van der Waals surface area (Å²) in [6, 6.07) is 16.1. The molecule has 3 aromatic carbocycles. The summed E-state index contributed by atoms with van der Waals surface area (Å²) in [5.74, 6) is 0.426. The molecule has 0 amide bonds. The fourth-order valence-electron chi connectivity index (χ4n) is 7.48. The fraction of sp³-hybridized carbons (Fsp3) is 0.472. The molecule has 0 saturated carbocycles. The molecule has 2 unspecified atom stereocenters. The van der Waals surface area contributed by atoms with Gasteiger partial charge in [0.2, 0.25) is 5.70 Å². The molecule has 3 aromatic rings. The Morgan fingerprint density at radius 2 is 1.72 bits per heavy atom.